The Bertz CT molecular complexity index is 469. The third kappa shape index (κ3) is 3.52. The lowest BCUT2D eigenvalue weighted by molar-refractivity contribution is 0.827. The second-order valence-electron chi connectivity index (χ2n) is 3.68. The number of halogens is 1. The first-order valence-corrected chi connectivity index (χ1v) is 6.33. The van der Waals surface area contributed by atoms with Gasteiger partial charge in [-0.2, -0.15) is 5.10 Å². The van der Waals surface area contributed by atoms with E-state index in [1.54, 1.807) is 6.20 Å². The summed E-state index contributed by atoms with van der Waals surface area (Å²) in [6, 6.07) is 3.80. The Hall–Kier alpha value is -1.43. The van der Waals surface area contributed by atoms with Crippen LogP contribution in [0.25, 0.3) is 0 Å². The van der Waals surface area contributed by atoms with Crippen LogP contribution in [0.1, 0.15) is 24.9 Å². The summed E-state index contributed by atoms with van der Waals surface area (Å²) in [6.07, 6.45) is 3.66. The van der Waals surface area contributed by atoms with Crippen LogP contribution in [0.4, 0.5) is 5.82 Å². The summed E-state index contributed by atoms with van der Waals surface area (Å²) >= 11 is 3.39. The van der Waals surface area contributed by atoms with Crippen LogP contribution in [-0.2, 0) is 13.0 Å². The van der Waals surface area contributed by atoms with Crippen molar-refractivity contribution in [3.05, 3.63) is 34.5 Å². The quantitative estimate of drug-likeness (QED) is 0.832. The van der Waals surface area contributed by atoms with Crippen molar-refractivity contribution in [2.24, 2.45) is 0 Å². The lowest BCUT2D eigenvalue weighted by Crippen LogP contribution is -2.05. The number of aromatic amines is 1. The fraction of sp³-hybridized carbons (Fsp3) is 0.364. The van der Waals surface area contributed by atoms with Crippen molar-refractivity contribution in [3.8, 4) is 0 Å². The molecule has 0 atom stereocenters. The zero-order valence-electron chi connectivity index (χ0n) is 9.57. The number of aromatic nitrogens is 4. The smallest absolute Gasteiger partial charge is 0.132 e. The second kappa shape index (κ2) is 5.77. The molecular weight excluding hydrogens is 282 g/mol. The maximum Gasteiger partial charge on any atom is 0.132 e. The molecule has 0 amide bonds. The molecule has 17 heavy (non-hydrogen) atoms. The molecule has 5 nitrogen and oxygen atoms in total. The Balaban J connectivity index is 2.04. The minimum atomic E-state index is 0.676. The predicted octanol–water partition coefficient (Wildman–Crippen LogP) is 2.53. The van der Waals surface area contributed by atoms with Gasteiger partial charge in [-0.15, -0.1) is 0 Å². The third-order valence-corrected chi connectivity index (χ3v) is 2.64. The van der Waals surface area contributed by atoms with Crippen molar-refractivity contribution in [2.75, 3.05) is 5.32 Å². The van der Waals surface area contributed by atoms with E-state index in [1.807, 2.05) is 12.1 Å². The number of hydrogen-bond donors (Lipinski definition) is 2. The number of H-pyrrole nitrogens is 1. The van der Waals surface area contributed by atoms with E-state index < -0.39 is 0 Å². The van der Waals surface area contributed by atoms with Crippen molar-refractivity contribution in [3.63, 3.8) is 0 Å². The SMILES string of the molecule is CCCc1nc(Br)cc(NCc2ccn[nH]2)n1. The molecular formula is C11H14BrN5. The van der Waals surface area contributed by atoms with Gasteiger partial charge in [0.25, 0.3) is 0 Å². The molecule has 0 aliphatic heterocycles. The van der Waals surface area contributed by atoms with Gasteiger partial charge in [0, 0.05) is 18.7 Å². The highest BCUT2D eigenvalue weighted by atomic mass is 79.9. The fourth-order valence-electron chi connectivity index (χ4n) is 1.46. The fourth-order valence-corrected chi connectivity index (χ4v) is 1.88. The summed E-state index contributed by atoms with van der Waals surface area (Å²) in [6.45, 7) is 2.79. The topological polar surface area (TPSA) is 66.5 Å². The summed E-state index contributed by atoms with van der Waals surface area (Å²) in [5.41, 5.74) is 1.02. The Kier molecular flexibility index (Phi) is 4.08. The van der Waals surface area contributed by atoms with Gasteiger partial charge in [0.1, 0.15) is 16.2 Å². The second-order valence-corrected chi connectivity index (χ2v) is 4.49. The Labute approximate surface area is 108 Å². The van der Waals surface area contributed by atoms with Gasteiger partial charge >= 0.3 is 0 Å². The molecule has 0 saturated heterocycles. The number of nitrogens with zero attached hydrogens (tertiary/aromatic N) is 3. The highest BCUT2D eigenvalue weighted by molar-refractivity contribution is 9.10. The molecule has 0 bridgehead atoms. The van der Waals surface area contributed by atoms with Crippen molar-refractivity contribution >= 4 is 21.7 Å². The van der Waals surface area contributed by atoms with E-state index in [1.165, 1.54) is 0 Å². The van der Waals surface area contributed by atoms with Crippen LogP contribution < -0.4 is 5.32 Å². The number of hydrogen-bond acceptors (Lipinski definition) is 4. The molecule has 2 N–H and O–H groups in total. The van der Waals surface area contributed by atoms with Crippen LogP contribution in [0.5, 0.6) is 0 Å². The summed E-state index contributed by atoms with van der Waals surface area (Å²) in [7, 11) is 0. The van der Waals surface area contributed by atoms with Gasteiger partial charge in [0.05, 0.1) is 12.2 Å². The van der Waals surface area contributed by atoms with E-state index >= 15 is 0 Å². The van der Waals surface area contributed by atoms with E-state index in [2.05, 4.69) is 48.3 Å². The number of rotatable bonds is 5. The highest BCUT2D eigenvalue weighted by Gasteiger charge is 2.02. The first-order valence-electron chi connectivity index (χ1n) is 5.53. The standard InChI is InChI=1S/C11H14BrN5/c1-2-3-10-15-9(12)6-11(16-10)13-7-8-4-5-14-17-8/h4-6H,2-3,7H2,1H3,(H,14,17)(H,13,15,16). The van der Waals surface area contributed by atoms with Crippen molar-refractivity contribution in [1.29, 1.82) is 0 Å². The van der Waals surface area contributed by atoms with E-state index in [0.29, 0.717) is 6.54 Å². The van der Waals surface area contributed by atoms with Gasteiger partial charge in [-0.3, -0.25) is 5.10 Å². The lowest BCUT2D eigenvalue weighted by Gasteiger charge is -2.06. The van der Waals surface area contributed by atoms with Crippen LogP contribution >= 0.6 is 15.9 Å². The van der Waals surface area contributed by atoms with Gasteiger partial charge in [0.2, 0.25) is 0 Å². The molecule has 0 spiro atoms. The predicted molar refractivity (Wildman–Crippen MR) is 69.6 cm³/mol. The molecule has 2 rings (SSSR count). The maximum absolute atomic E-state index is 4.44. The molecule has 90 valence electrons. The average Bonchev–Trinajstić information content (AvgIpc) is 2.79. The summed E-state index contributed by atoms with van der Waals surface area (Å²) < 4.78 is 0.808. The van der Waals surface area contributed by atoms with Crippen molar-refractivity contribution in [2.45, 2.75) is 26.3 Å². The van der Waals surface area contributed by atoms with Crippen LogP contribution in [0, 0.1) is 0 Å². The minimum absolute atomic E-state index is 0.676. The first kappa shape index (κ1) is 12.0. The molecule has 2 aromatic heterocycles. The van der Waals surface area contributed by atoms with E-state index in [4.69, 9.17) is 0 Å². The van der Waals surface area contributed by atoms with Gasteiger partial charge in [-0.1, -0.05) is 6.92 Å². The molecule has 2 aromatic rings. The van der Waals surface area contributed by atoms with Crippen LogP contribution in [0.15, 0.2) is 22.9 Å². The average molecular weight is 296 g/mol. The van der Waals surface area contributed by atoms with E-state index in [-0.39, 0.29) is 0 Å². The van der Waals surface area contributed by atoms with Crippen molar-refractivity contribution in [1.82, 2.24) is 20.2 Å². The molecule has 0 fully saturated rings. The molecule has 0 unspecified atom stereocenters. The zero-order chi connectivity index (χ0) is 12.1. The van der Waals surface area contributed by atoms with Gasteiger partial charge in [0.15, 0.2) is 0 Å². The van der Waals surface area contributed by atoms with E-state index in [9.17, 15) is 0 Å². The number of aryl methyl sites for hydroxylation is 1. The summed E-state index contributed by atoms with van der Waals surface area (Å²) in [5, 5.41) is 10.0. The van der Waals surface area contributed by atoms with Gasteiger partial charge in [-0.25, -0.2) is 9.97 Å². The molecule has 0 aromatic carbocycles. The first-order chi connectivity index (χ1) is 8.28. The lowest BCUT2D eigenvalue weighted by atomic mass is 10.3. The van der Waals surface area contributed by atoms with Gasteiger partial charge in [-0.05, 0) is 28.4 Å². The van der Waals surface area contributed by atoms with Gasteiger partial charge < -0.3 is 5.32 Å². The van der Waals surface area contributed by atoms with Crippen LogP contribution in [0.2, 0.25) is 0 Å². The summed E-state index contributed by atoms with van der Waals surface area (Å²) in [5.74, 6) is 1.68. The summed E-state index contributed by atoms with van der Waals surface area (Å²) in [4.78, 5) is 8.75. The highest BCUT2D eigenvalue weighted by Crippen LogP contribution is 2.13. The van der Waals surface area contributed by atoms with E-state index in [0.717, 1.165) is 34.8 Å². The van der Waals surface area contributed by atoms with Crippen LogP contribution in [0.3, 0.4) is 0 Å². The molecule has 2 heterocycles. The number of nitrogens with one attached hydrogen (secondary N) is 2. The molecule has 0 radical (unpaired) electrons. The third-order valence-electron chi connectivity index (χ3n) is 2.23. The maximum atomic E-state index is 4.44. The Morgan fingerprint density at radius 2 is 2.29 bits per heavy atom. The molecule has 6 heteroatoms. The van der Waals surface area contributed by atoms with Crippen LogP contribution in [-0.4, -0.2) is 20.2 Å². The Morgan fingerprint density at radius 3 is 3.00 bits per heavy atom. The normalized spacial score (nSPS) is 10.5. The number of anilines is 1. The Morgan fingerprint density at radius 1 is 1.41 bits per heavy atom. The molecule has 0 aliphatic carbocycles. The zero-order valence-corrected chi connectivity index (χ0v) is 11.2. The monoisotopic (exact) mass is 295 g/mol. The largest absolute Gasteiger partial charge is 0.364 e. The molecule has 0 saturated carbocycles. The molecule has 0 aliphatic rings. The van der Waals surface area contributed by atoms with Crippen molar-refractivity contribution < 1.29 is 0 Å². The minimum Gasteiger partial charge on any atom is -0.364 e.